The first-order valence-corrected chi connectivity index (χ1v) is 9.31. The summed E-state index contributed by atoms with van der Waals surface area (Å²) in [6.07, 6.45) is 3.37. The molecule has 2 atom stereocenters. The Labute approximate surface area is 125 Å². The molecule has 1 aliphatic heterocycles. The quantitative estimate of drug-likeness (QED) is 0.906. The van der Waals surface area contributed by atoms with E-state index in [1.807, 2.05) is 25.1 Å². The van der Waals surface area contributed by atoms with Crippen LogP contribution in [0.5, 0.6) is 0 Å². The van der Waals surface area contributed by atoms with Crippen molar-refractivity contribution in [2.24, 2.45) is 0 Å². The standard InChI is InChI=1S/C16H21NO3S/c1-16(9-10-21(19,20)11-16)17-15(18)14-8-4-6-12-5-2-3-7-13(12)14/h2-3,5,7,14H,4,6,8-11H2,1H3,(H,17,18). The highest BCUT2D eigenvalue weighted by Crippen LogP contribution is 2.33. The molecule has 0 aromatic heterocycles. The van der Waals surface area contributed by atoms with Crippen molar-refractivity contribution in [1.29, 1.82) is 0 Å². The Kier molecular flexibility index (Phi) is 3.56. The second kappa shape index (κ2) is 5.13. The molecule has 3 rings (SSSR count). The van der Waals surface area contributed by atoms with Crippen molar-refractivity contribution in [1.82, 2.24) is 5.32 Å². The van der Waals surface area contributed by atoms with Crippen LogP contribution in [0, 0.1) is 0 Å². The lowest BCUT2D eigenvalue weighted by atomic mass is 9.82. The largest absolute Gasteiger partial charge is 0.349 e. The van der Waals surface area contributed by atoms with Crippen molar-refractivity contribution in [3.63, 3.8) is 0 Å². The minimum Gasteiger partial charge on any atom is -0.349 e. The molecular formula is C16H21NO3S. The van der Waals surface area contributed by atoms with E-state index in [0.717, 1.165) is 24.8 Å². The second-order valence-electron chi connectivity index (χ2n) is 6.54. The molecule has 5 heteroatoms. The lowest BCUT2D eigenvalue weighted by Crippen LogP contribution is -2.49. The maximum atomic E-state index is 12.6. The van der Waals surface area contributed by atoms with Gasteiger partial charge in [0.05, 0.1) is 23.0 Å². The molecule has 1 aromatic carbocycles. The summed E-state index contributed by atoms with van der Waals surface area (Å²) in [6, 6.07) is 8.07. The van der Waals surface area contributed by atoms with Gasteiger partial charge in [0, 0.05) is 0 Å². The predicted molar refractivity (Wildman–Crippen MR) is 81.9 cm³/mol. The number of carbonyl (C=O) groups is 1. The van der Waals surface area contributed by atoms with Gasteiger partial charge in [-0.05, 0) is 43.7 Å². The number of hydrogen-bond donors (Lipinski definition) is 1. The summed E-state index contributed by atoms with van der Waals surface area (Å²) in [7, 11) is -3.01. The van der Waals surface area contributed by atoms with E-state index in [-0.39, 0.29) is 23.3 Å². The number of amides is 1. The van der Waals surface area contributed by atoms with E-state index in [2.05, 4.69) is 11.4 Å². The monoisotopic (exact) mass is 307 g/mol. The lowest BCUT2D eigenvalue weighted by molar-refractivity contribution is -0.124. The van der Waals surface area contributed by atoms with Gasteiger partial charge in [-0.3, -0.25) is 4.79 Å². The number of sulfone groups is 1. The fourth-order valence-corrected chi connectivity index (χ4v) is 5.61. The van der Waals surface area contributed by atoms with E-state index in [1.165, 1.54) is 5.56 Å². The van der Waals surface area contributed by atoms with Crippen molar-refractivity contribution < 1.29 is 13.2 Å². The smallest absolute Gasteiger partial charge is 0.228 e. The van der Waals surface area contributed by atoms with Crippen LogP contribution in [0.2, 0.25) is 0 Å². The molecular weight excluding hydrogens is 286 g/mol. The molecule has 1 aromatic rings. The Balaban J connectivity index is 1.78. The number of carbonyl (C=O) groups excluding carboxylic acids is 1. The van der Waals surface area contributed by atoms with E-state index in [0.29, 0.717) is 6.42 Å². The molecule has 1 fully saturated rings. The first kappa shape index (κ1) is 14.6. The maximum absolute atomic E-state index is 12.6. The van der Waals surface area contributed by atoms with Crippen molar-refractivity contribution in [3.05, 3.63) is 35.4 Å². The summed E-state index contributed by atoms with van der Waals surface area (Å²) < 4.78 is 23.3. The third-order valence-electron chi connectivity index (χ3n) is 4.61. The van der Waals surface area contributed by atoms with Crippen LogP contribution in [-0.2, 0) is 21.1 Å². The average Bonchev–Trinajstić information content (AvgIpc) is 2.71. The van der Waals surface area contributed by atoms with Gasteiger partial charge in [-0.15, -0.1) is 0 Å². The third-order valence-corrected chi connectivity index (χ3v) is 6.52. The maximum Gasteiger partial charge on any atom is 0.228 e. The zero-order valence-electron chi connectivity index (χ0n) is 12.3. The van der Waals surface area contributed by atoms with Crippen molar-refractivity contribution in [2.45, 2.75) is 44.1 Å². The predicted octanol–water partition coefficient (Wildman–Crippen LogP) is 1.80. The summed E-state index contributed by atoms with van der Waals surface area (Å²) in [5.74, 6) is 0.0577. The Hall–Kier alpha value is -1.36. The molecule has 1 N–H and O–H groups in total. The molecule has 0 saturated carbocycles. The van der Waals surface area contributed by atoms with Crippen LogP contribution < -0.4 is 5.32 Å². The van der Waals surface area contributed by atoms with Gasteiger partial charge < -0.3 is 5.32 Å². The van der Waals surface area contributed by atoms with Crippen molar-refractivity contribution >= 4 is 15.7 Å². The first-order chi connectivity index (χ1) is 9.89. The molecule has 4 nitrogen and oxygen atoms in total. The van der Waals surface area contributed by atoms with E-state index in [4.69, 9.17) is 0 Å². The summed E-state index contributed by atoms with van der Waals surface area (Å²) in [5, 5.41) is 3.00. The normalized spacial score (nSPS) is 30.6. The Morgan fingerprint density at radius 1 is 1.33 bits per heavy atom. The number of fused-ring (bicyclic) bond motifs is 1. The van der Waals surface area contributed by atoms with Crippen LogP contribution in [0.4, 0.5) is 0 Å². The van der Waals surface area contributed by atoms with Crippen LogP contribution in [0.3, 0.4) is 0 Å². The molecule has 2 aliphatic rings. The highest BCUT2D eigenvalue weighted by molar-refractivity contribution is 7.91. The molecule has 2 unspecified atom stereocenters. The molecule has 114 valence electrons. The van der Waals surface area contributed by atoms with Gasteiger partial charge in [-0.25, -0.2) is 8.42 Å². The first-order valence-electron chi connectivity index (χ1n) is 7.49. The van der Waals surface area contributed by atoms with Gasteiger partial charge in [-0.2, -0.15) is 0 Å². The molecule has 0 bridgehead atoms. The van der Waals surface area contributed by atoms with E-state index < -0.39 is 15.4 Å². The van der Waals surface area contributed by atoms with Crippen molar-refractivity contribution in [2.75, 3.05) is 11.5 Å². The van der Waals surface area contributed by atoms with E-state index in [1.54, 1.807) is 0 Å². The number of aryl methyl sites for hydroxylation is 1. The highest BCUT2D eigenvalue weighted by atomic mass is 32.2. The SMILES string of the molecule is CC1(NC(=O)C2CCCc3ccccc32)CCS(=O)(=O)C1. The minimum atomic E-state index is -3.01. The highest BCUT2D eigenvalue weighted by Gasteiger charge is 2.41. The Morgan fingerprint density at radius 2 is 2.10 bits per heavy atom. The van der Waals surface area contributed by atoms with Crippen LogP contribution in [0.25, 0.3) is 0 Å². The molecule has 1 saturated heterocycles. The van der Waals surface area contributed by atoms with Gasteiger partial charge in [0.15, 0.2) is 9.84 Å². The summed E-state index contributed by atoms with van der Waals surface area (Å²) in [5.41, 5.74) is 1.74. The number of rotatable bonds is 2. The number of nitrogens with one attached hydrogen (secondary N) is 1. The van der Waals surface area contributed by atoms with Crippen LogP contribution >= 0.6 is 0 Å². The average molecular weight is 307 g/mol. The molecule has 21 heavy (non-hydrogen) atoms. The summed E-state index contributed by atoms with van der Waals surface area (Å²) >= 11 is 0. The second-order valence-corrected chi connectivity index (χ2v) is 8.72. The zero-order chi connectivity index (χ0) is 15.1. The number of hydrogen-bond acceptors (Lipinski definition) is 3. The van der Waals surface area contributed by atoms with Crippen LogP contribution in [0.15, 0.2) is 24.3 Å². The van der Waals surface area contributed by atoms with Gasteiger partial charge in [0.25, 0.3) is 0 Å². The molecule has 1 heterocycles. The summed E-state index contributed by atoms with van der Waals surface area (Å²) in [4.78, 5) is 12.6. The lowest BCUT2D eigenvalue weighted by Gasteiger charge is -2.30. The van der Waals surface area contributed by atoms with Gasteiger partial charge >= 0.3 is 0 Å². The Bertz CT molecular complexity index is 668. The van der Waals surface area contributed by atoms with Gasteiger partial charge in [0.2, 0.25) is 5.91 Å². The molecule has 0 spiro atoms. The fraction of sp³-hybridized carbons (Fsp3) is 0.562. The zero-order valence-corrected chi connectivity index (χ0v) is 13.1. The fourth-order valence-electron chi connectivity index (χ4n) is 3.52. The molecule has 1 amide bonds. The van der Waals surface area contributed by atoms with Crippen molar-refractivity contribution in [3.8, 4) is 0 Å². The van der Waals surface area contributed by atoms with E-state index >= 15 is 0 Å². The summed E-state index contributed by atoms with van der Waals surface area (Å²) in [6.45, 7) is 1.84. The van der Waals surface area contributed by atoms with Gasteiger partial charge in [0.1, 0.15) is 0 Å². The van der Waals surface area contributed by atoms with Crippen LogP contribution in [-0.4, -0.2) is 31.4 Å². The van der Waals surface area contributed by atoms with Gasteiger partial charge in [-0.1, -0.05) is 24.3 Å². The van der Waals surface area contributed by atoms with E-state index in [9.17, 15) is 13.2 Å². The number of benzene rings is 1. The third kappa shape index (κ3) is 2.98. The van der Waals surface area contributed by atoms with Crippen LogP contribution in [0.1, 0.15) is 43.2 Å². The minimum absolute atomic E-state index is 0.0262. The Morgan fingerprint density at radius 3 is 2.81 bits per heavy atom. The molecule has 0 radical (unpaired) electrons. The topological polar surface area (TPSA) is 63.2 Å². The molecule has 1 aliphatic carbocycles.